The molecule has 2 aromatic carbocycles. The van der Waals surface area contributed by atoms with E-state index in [0.717, 1.165) is 21.4 Å². The standard InChI is InChI=1S/C15H11ClO2S/c16-12-6-8-13(9-7-12)19-14-4-2-1-3-11(14)5-10-15(17)18/h1-10H,(H,17,18)/b10-5+. The molecule has 19 heavy (non-hydrogen) atoms. The number of aliphatic carboxylic acids is 1. The van der Waals surface area contributed by atoms with E-state index in [1.807, 2.05) is 48.5 Å². The first-order valence-corrected chi connectivity index (χ1v) is 6.78. The molecule has 0 unspecified atom stereocenters. The SMILES string of the molecule is O=C(O)/C=C/c1ccccc1Sc1ccc(Cl)cc1. The number of benzene rings is 2. The zero-order valence-electron chi connectivity index (χ0n) is 9.92. The van der Waals surface area contributed by atoms with Gasteiger partial charge in [-0.25, -0.2) is 4.79 Å². The first-order chi connectivity index (χ1) is 9.15. The molecule has 0 heterocycles. The van der Waals surface area contributed by atoms with Crippen LogP contribution in [0.5, 0.6) is 0 Å². The van der Waals surface area contributed by atoms with Gasteiger partial charge in [-0.15, -0.1) is 0 Å². The van der Waals surface area contributed by atoms with E-state index < -0.39 is 5.97 Å². The van der Waals surface area contributed by atoms with E-state index in [1.165, 1.54) is 0 Å². The van der Waals surface area contributed by atoms with E-state index in [4.69, 9.17) is 16.7 Å². The van der Waals surface area contributed by atoms with Crippen LogP contribution in [0.3, 0.4) is 0 Å². The molecule has 0 atom stereocenters. The highest BCUT2D eigenvalue weighted by Gasteiger charge is 2.02. The van der Waals surface area contributed by atoms with Crippen molar-refractivity contribution in [2.24, 2.45) is 0 Å². The number of halogens is 1. The Kier molecular flexibility index (Phi) is 4.66. The molecule has 0 radical (unpaired) electrons. The van der Waals surface area contributed by atoms with Crippen LogP contribution >= 0.6 is 23.4 Å². The third-order valence-corrected chi connectivity index (χ3v) is 3.72. The maximum atomic E-state index is 10.6. The Morgan fingerprint density at radius 2 is 1.79 bits per heavy atom. The molecule has 0 aromatic heterocycles. The van der Waals surface area contributed by atoms with Crippen molar-refractivity contribution < 1.29 is 9.90 Å². The predicted octanol–water partition coefficient (Wildman–Crippen LogP) is 4.59. The summed E-state index contributed by atoms with van der Waals surface area (Å²) in [6, 6.07) is 15.2. The molecule has 0 spiro atoms. The number of hydrogen-bond donors (Lipinski definition) is 1. The first kappa shape index (κ1) is 13.7. The second-order valence-corrected chi connectivity index (χ2v) is 5.32. The normalized spacial score (nSPS) is 10.8. The lowest BCUT2D eigenvalue weighted by Gasteiger charge is -2.05. The molecule has 2 aromatic rings. The number of carbonyl (C=O) groups is 1. The summed E-state index contributed by atoms with van der Waals surface area (Å²) in [6.45, 7) is 0. The smallest absolute Gasteiger partial charge is 0.328 e. The van der Waals surface area contributed by atoms with E-state index in [1.54, 1.807) is 17.8 Å². The highest BCUT2D eigenvalue weighted by Crippen LogP contribution is 2.31. The average Bonchev–Trinajstić information content (AvgIpc) is 2.40. The zero-order valence-corrected chi connectivity index (χ0v) is 11.5. The third kappa shape index (κ3) is 4.16. The summed E-state index contributed by atoms with van der Waals surface area (Å²) >= 11 is 7.42. The molecule has 4 heteroatoms. The zero-order chi connectivity index (χ0) is 13.7. The molecule has 96 valence electrons. The quantitative estimate of drug-likeness (QED) is 0.837. The van der Waals surface area contributed by atoms with Gasteiger partial charge in [0.25, 0.3) is 0 Å². The van der Waals surface area contributed by atoms with Gasteiger partial charge in [0.1, 0.15) is 0 Å². The van der Waals surface area contributed by atoms with Crippen molar-refractivity contribution in [1.82, 2.24) is 0 Å². The lowest BCUT2D eigenvalue weighted by molar-refractivity contribution is -0.131. The minimum Gasteiger partial charge on any atom is -0.478 e. The second kappa shape index (κ2) is 6.45. The van der Waals surface area contributed by atoms with E-state index in [9.17, 15) is 4.79 Å². The van der Waals surface area contributed by atoms with Crippen molar-refractivity contribution in [1.29, 1.82) is 0 Å². The van der Waals surface area contributed by atoms with Crippen LogP contribution < -0.4 is 0 Å². The van der Waals surface area contributed by atoms with Crippen LogP contribution in [-0.4, -0.2) is 11.1 Å². The maximum Gasteiger partial charge on any atom is 0.328 e. The summed E-state index contributed by atoms with van der Waals surface area (Å²) in [4.78, 5) is 12.6. The van der Waals surface area contributed by atoms with Gasteiger partial charge in [-0.3, -0.25) is 0 Å². The largest absolute Gasteiger partial charge is 0.478 e. The van der Waals surface area contributed by atoms with Crippen molar-refractivity contribution in [2.45, 2.75) is 9.79 Å². The molecular formula is C15H11ClO2S. The number of carboxylic acid groups (broad SMARTS) is 1. The van der Waals surface area contributed by atoms with Crippen LogP contribution in [0.15, 0.2) is 64.4 Å². The number of rotatable bonds is 4. The summed E-state index contributed by atoms with van der Waals surface area (Å²) in [7, 11) is 0. The monoisotopic (exact) mass is 290 g/mol. The fraction of sp³-hybridized carbons (Fsp3) is 0. The lowest BCUT2D eigenvalue weighted by Crippen LogP contribution is -1.86. The molecule has 0 bridgehead atoms. The predicted molar refractivity (Wildman–Crippen MR) is 78.7 cm³/mol. The topological polar surface area (TPSA) is 37.3 Å². The van der Waals surface area contributed by atoms with Gasteiger partial charge in [0.05, 0.1) is 0 Å². The van der Waals surface area contributed by atoms with Crippen molar-refractivity contribution in [2.75, 3.05) is 0 Å². The molecule has 0 amide bonds. The lowest BCUT2D eigenvalue weighted by atomic mass is 10.2. The van der Waals surface area contributed by atoms with Gasteiger partial charge in [0.2, 0.25) is 0 Å². The van der Waals surface area contributed by atoms with Crippen molar-refractivity contribution in [3.8, 4) is 0 Å². The summed E-state index contributed by atoms with van der Waals surface area (Å²) in [5.41, 5.74) is 0.879. The van der Waals surface area contributed by atoms with Crippen molar-refractivity contribution in [3.05, 3.63) is 65.2 Å². The van der Waals surface area contributed by atoms with Crippen molar-refractivity contribution >= 4 is 35.4 Å². The Balaban J connectivity index is 2.24. The van der Waals surface area contributed by atoms with Crippen LogP contribution in [0, 0.1) is 0 Å². The van der Waals surface area contributed by atoms with Crippen LogP contribution in [0.1, 0.15) is 5.56 Å². The molecule has 0 aliphatic rings. The Labute approximate surface area is 120 Å². The average molecular weight is 291 g/mol. The third-order valence-electron chi connectivity index (χ3n) is 2.37. The van der Waals surface area contributed by atoms with Crippen molar-refractivity contribution in [3.63, 3.8) is 0 Å². The van der Waals surface area contributed by atoms with E-state index in [2.05, 4.69) is 0 Å². The fourth-order valence-corrected chi connectivity index (χ4v) is 2.55. The Morgan fingerprint density at radius 1 is 1.11 bits per heavy atom. The number of hydrogen-bond acceptors (Lipinski definition) is 2. The van der Waals surface area contributed by atoms with Gasteiger partial charge in [-0.05, 0) is 42.0 Å². The highest BCUT2D eigenvalue weighted by atomic mass is 35.5. The molecular weight excluding hydrogens is 280 g/mol. The fourth-order valence-electron chi connectivity index (χ4n) is 1.50. The summed E-state index contributed by atoms with van der Waals surface area (Å²) in [6.07, 6.45) is 2.74. The van der Waals surface area contributed by atoms with E-state index >= 15 is 0 Å². The Bertz CT molecular complexity index is 606. The minimum atomic E-state index is -0.953. The van der Waals surface area contributed by atoms with Gasteiger partial charge >= 0.3 is 5.97 Å². The molecule has 0 saturated heterocycles. The molecule has 1 N–H and O–H groups in total. The van der Waals surface area contributed by atoms with Gasteiger partial charge in [0, 0.05) is 20.9 Å². The molecule has 0 saturated carbocycles. The van der Waals surface area contributed by atoms with E-state index in [0.29, 0.717) is 5.02 Å². The maximum absolute atomic E-state index is 10.6. The van der Waals surface area contributed by atoms with Gasteiger partial charge in [0.15, 0.2) is 0 Å². The van der Waals surface area contributed by atoms with Gasteiger partial charge in [-0.1, -0.05) is 41.6 Å². The first-order valence-electron chi connectivity index (χ1n) is 5.58. The van der Waals surface area contributed by atoms with Gasteiger partial charge in [-0.2, -0.15) is 0 Å². The number of carboxylic acids is 1. The van der Waals surface area contributed by atoms with Crippen LogP contribution in [0.4, 0.5) is 0 Å². The molecule has 2 rings (SSSR count). The van der Waals surface area contributed by atoms with E-state index in [-0.39, 0.29) is 0 Å². The summed E-state index contributed by atoms with van der Waals surface area (Å²) in [5.74, 6) is -0.953. The minimum absolute atomic E-state index is 0.698. The Hall–Kier alpha value is -1.71. The molecule has 2 nitrogen and oxygen atoms in total. The van der Waals surface area contributed by atoms with Crippen LogP contribution in [-0.2, 0) is 4.79 Å². The van der Waals surface area contributed by atoms with Crippen LogP contribution in [0.2, 0.25) is 5.02 Å². The van der Waals surface area contributed by atoms with Gasteiger partial charge < -0.3 is 5.11 Å². The Morgan fingerprint density at radius 3 is 2.47 bits per heavy atom. The molecule has 0 fully saturated rings. The van der Waals surface area contributed by atoms with Crippen LogP contribution in [0.25, 0.3) is 6.08 Å². The second-order valence-electron chi connectivity index (χ2n) is 3.77. The summed E-state index contributed by atoms with van der Waals surface area (Å²) < 4.78 is 0. The molecule has 0 aliphatic carbocycles. The molecule has 0 aliphatic heterocycles. The highest BCUT2D eigenvalue weighted by molar-refractivity contribution is 7.99. The summed E-state index contributed by atoms with van der Waals surface area (Å²) in [5, 5.41) is 9.38.